The van der Waals surface area contributed by atoms with Crippen molar-refractivity contribution in [3.63, 3.8) is 0 Å². The highest BCUT2D eigenvalue weighted by Gasteiger charge is 2.14. The molecule has 25 heavy (non-hydrogen) atoms. The van der Waals surface area contributed by atoms with E-state index in [2.05, 4.69) is 10.1 Å². The Labute approximate surface area is 155 Å². The highest BCUT2D eigenvalue weighted by atomic mass is 35.5. The topological polar surface area (TPSA) is 64.6 Å². The molecule has 0 atom stereocenters. The summed E-state index contributed by atoms with van der Waals surface area (Å²) in [6.45, 7) is 2.45. The van der Waals surface area contributed by atoms with Gasteiger partial charge in [-0.15, -0.1) is 0 Å². The predicted molar refractivity (Wildman–Crippen MR) is 98.0 cm³/mol. The molecule has 0 heterocycles. The third-order valence-electron chi connectivity index (χ3n) is 3.27. The van der Waals surface area contributed by atoms with E-state index in [1.54, 1.807) is 24.3 Å². The molecule has 5 nitrogen and oxygen atoms in total. The Morgan fingerprint density at radius 2 is 1.64 bits per heavy atom. The third-order valence-corrected chi connectivity index (χ3v) is 3.84. The predicted octanol–water partition coefficient (Wildman–Crippen LogP) is 4.82. The summed E-state index contributed by atoms with van der Waals surface area (Å²) in [5.41, 5.74) is 1.22. The van der Waals surface area contributed by atoms with Crippen molar-refractivity contribution < 1.29 is 19.1 Å². The number of amides is 1. The van der Waals surface area contributed by atoms with Gasteiger partial charge in [0.25, 0.3) is 5.91 Å². The second-order valence-electron chi connectivity index (χ2n) is 5.14. The Morgan fingerprint density at radius 1 is 1.04 bits per heavy atom. The van der Waals surface area contributed by atoms with E-state index in [-0.39, 0.29) is 16.0 Å². The average Bonchev–Trinajstić information content (AvgIpc) is 2.61. The first-order chi connectivity index (χ1) is 12.0. The Balaban J connectivity index is 2.14. The van der Waals surface area contributed by atoms with E-state index in [0.29, 0.717) is 29.2 Å². The number of nitrogens with one attached hydrogen (secondary N) is 1. The van der Waals surface area contributed by atoms with Crippen LogP contribution in [0.15, 0.2) is 36.4 Å². The molecule has 132 valence electrons. The summed E-state index contributed by atoms with van der Waals surface area (Å²) in [7, 11) is 1.30. The van der Waals surface area contributed by atoms with Crippen LogP contribution < -0.4 is 10.1 Å². The highest BCUT2D eigenvalue weighted by Crippen LogP contribution is 2.34. The van der Waals surface area contributed by atoms with Gasteiger partial charge in [-0.3, -0.25) is 4.79 Å². The van der Waals surface area contributed by atoms with E-state index < -0.39 is 5.97 Å². The van der Waals surface area contributed by atoms with E-state index in [1.807, 2.05) is 6.92 Å². The van der Waals surface area contributed by atoms with Crippen LogP contribution in [0.1, 0.15) is 34.1 Å². The second kappa shape index (κ2) is 8.74. The fourth-order valence-electron chi connectivity index (χ4n) is 2.04. The number of rotatable bonds is 6. The summed E-state index contributed by atoms with van der Waals surface area (Å²) in [6, 6.07) is 9.32. The van der Waals surface area contributed by atoms with Gasteiger partial charge in [-0.25, -0.2) is 4.79 Å². The molecule has 0 saturated carbocycles. The molecule has 0 aliphatic carbocycles. The summed E-state index contributed by atoms with van der Waals surface area (Å²) < 4.78 is 10.1. The van der Waals surface area contributed by atoms with E-state index >= 15 is 0 Å². The maximum atomic E-state index is 12.4. The smallest absolute Gasteiger partial charge is 0.337 e. The van der Waals surface area contributed by atoms with E-state index in [9.17, 15) is 9.59 Å². The lowest BCUT2D eigenvalue weighted by atomic mass is 10.1. The fraction of sp³-hybridized carbons (Fsp3) is 0.222. The molecule has 0 radical (unpaired) electrons. The fourth-order valence-corrected chi connectivity index (χ4v) is 2.64. The van der Waals surface area contributed by atoms with E-state index in [1.165, 1.54) is 19.2 Å². The van der Waals surface area contributed by atoms with Crippen LogP contribution in [-0.2, 0) is 4.74 Å². The maximum absolute atomic E-state index is 12.4. The van der Waals surface area contributed by atoms with Crippen molar-refractivity contribution in [2.75, 3.05) is 19.0 Å². The number of benzene rings is 2. The Kier molecular flexibility index (Phi) is 6.67. The zero-order chi connectivity index (χ0) is 18.4. The van der Waals surface area contributed by atoms with Crippen LogP contribution in [0.2, 0.25) is 10.0 Å². The molecular weight excluding hydrogens is 365 g/mol. The Bertz CT molecular complexity index is 752. The van der Waals surface area contributed by atoms with Gasteiger partial charge in [0.15, 0.2) is 5.75 Å². The van der Waals surface area contributed by atoms with Gasteiger partial charge in [-0.2, -0.15) is 0 Å². The van der Waals surface area contributed by atoms with Crippen LogP contribution in [0.4, 0.5) is 5.69 Å². The van der Waals surface area contributed by atoms with Crippen molar-refractivity contribution in [3.8, 4) is 5.75 Å². The van der Waals surface area contributed by atoms with Crippen molar-refractivity contribution in [2.24, 2.45) is 0 Å². The molecular formula is C18H17Cl2NO4. The molecule has 0 spiro atoms. The van der Waals surface area contributed by atoms with Crippen LogP contribution in [0, 0.1) is 0 Å². The lowest BCUT2D eigenvalue weighted by Crippen LogP contribution is -2.12. The second-order valence-corrected chi connectivity index (χ2v) is 5.95. The number of esters is 1. The number of anilines is 1. The van der Waals surface area contributed by atoms with Crippen LogP contribution in [0.25, 0.3) is 0 Å². The Hall–Kier alpha value is -2.24. The van der Waals surface area contributed by atoms with Crippen LogP contribution in [0.3, 0.4) is 0 Å². The molecule has 0 bridgehead atoms. The molecule has 0 saturated heterocycles. The van der Waals surface area contributed by atoms with Gasteiger partial charge in [0.05, 0.1) is 29.3 Å². The minimum Gasteiger partial charge on any atom is -0.490 e. The molecule has 2 rings (SSSR count). The average molecular weight is 382 g/mol. The van der Waals surface area contributed by atoms with Crippen LogP contribution in [-0.4, -0.2) is 25.6 Å². The minimum atomic E-state index is -0.445. The monoisotopic (exact) mass is 381 g/mol. The van der Waals surface area contributed by atoms with Crippen molar-refractivity contribution in [2.45, 2.75) is 13.3 Å². The highest BCUT2D eigenvalue weighted by molar-refractivity contribution is 6.37. The van der Waals surface area contributed by atoms with Gasteiger partial charge in [0.2, 0.25) is 0 Å². The quantitative estimate of drug-likeness (QED) is 0.728. The third kappa shape index (κ3) is 4.87. The summed E-state index contributed by atoms with van der Waals surface area (Å²) in [6.07, 6.45) is 0.816. The zero-order valence-electron chi connectivity index (χ0n) is 13.8. The van der Waals surface area contributed by atoms with Crippen molar-refractivity contribution >= 4 is 40.8 Å². The minimum absolute atomic E-state index is 0.270. The zero-order valence-corrected chi connectivity index (χ0v) is 15.3. The molecule has 0 aromatic heterocycles. The van der Waals surface area contributed by atoms with Gasteiger partial charge >= 0.3 is 5.97 Å². The van der Waals surface area contributed by atoms with Crippen molar-refractivity contribution in [1.29, 1.82) is 0 Å². The van der Waals surface area contributed by atoms with Gasteiger partial charge in [-0.1, -0.05) is 30.1 Å². The largest absolute Gasteiger partial charge is 0.490 e. The maximum Gasteiger partial charge on any atom is 0.337 e. The van der Waals surface area contributed by atoms with Crippen LogP contribution in [0.5, 0.6) is 5.75 Å². The summed E-state index contributed by atoms with van der Waals surface area (Å²) in [5, 5.41) is 3.25. The summed E-state index contributed by atoms with van der Waals surface area (Å²) in [4.78, 5) is 23.8. The Morgan fingerprint density at radius 3 is 2.16 bits per heavy atom. The number of methoxy groups -OCH3 is 1. The first-order valence-corrected chi connectivity index (χ1v) is 8.33. The molecule has 0 aliphatic heterocycles. The number of hydrogen-bond acceptors (Lipinski definition) is 4. The summed E-state index contributed by atoms with van der Waals surface area (Å²) in [5.74, 6) is -0.458. The van der Waals surface area contributed by atoms with Gasteiger partial charge in [-0.05, 0) is 42.8 Å². The van der Waals surface area contributed by atoms with Crippen LogP contribution >= 0.6 is 23.2 Å². The van der Waals surface area contributed by atoms with E-state index in [4.69, 9.17) is 27.9 Å². The molecule has 7 heteroatoms. The standard InChI is InChI=1S/C18H17Cl2NO4/c1-3-8-25-16-14(19)9-12(10-15(16)20)17(22)21-13-6-4-11(5-7-13)18(23)24-2/h4-7,9-10H,3,8H2,1-2H3,(H,21,22). The SMILES string of the molecule is CCCOc1c(Cl)cc(C(=O)Nc2ccc(C(=O)OC)cc2)cc1Cl. The summed E-state index contributed by atoms with van der Waals surface area (Å²) >= 11 is 12.3. The van der Waals surface area contributed by atoms with Gasteiger partial charge in [0, 0.05) is 11.3 Å². The molecule has 1 amide bonds. The van der Waals surface area contributed by atoms with E-state index in [0.717, 1.165) is 6.42 Å². The van der Waals surface area contributed by atoms with Crippen molar-refractivity contribution in [3.05, 3.63) is 57.6 Å². The molecule has 0 aliphatic rings. The van der Waals surface area contributed by atoms with Gasteiger partial charge < -0.3 is 14.8 Å². The number of carbonyl (C=O) groups excluding carboxylic acids is 2. The number of hydrogen-bond donors (Lipinski definition) is 1. The molecule has 2 aromatic carbocycles. The molecule has 0 unspecified atom stereocenters. The van der Waals surface area contributed by atoms with Gasteiger partial charge in [0.1, 0.15) is 0 Å². The molecule has 1 N–H and O–H groups in total. The first kappa shape index (κ1) is 19.1. The molecule has 2 aromatic rings. The number of ether oxygens (including phenoxy) is 2. The van der Waals surface area contributed by atoms with Crippen molar-refractivity contribution in [1.82, 2.24) is 0 Å². The number of carbonyl (C=O) groups is 2. The first-order valence-electron chi connectivity index (χ1n) is 7.57. The lowest BCUT2D eigenvalue weighted by molar-refractivity contribution is 0.0600. The normalized spacial score (nSPS) is 10.2. The molecule has 0 fully saturated rings. The lowest BCUT2D eigenvalue weighted by Gasteiger charge is -2.11. The number of halogens is 2.